The molecule has 1 saturated heterocycles. The van der Waals surface area contributed by atoms with Gasteiger partial charge in [-0.15, -0.1) is 0 Å². The predicted octanol–water partition coefficient (Wildman–Crippen LogP) is 5.07. The smallest absolute Gasteiger partial charge is 0.249 e. The Hall–Kier alpha value is -3.85. The van der Waals surface area contributed by atoms with E-state index in [4.69, 9.17) is 9.40 Å². The summed E-state index contributed by atoms with van der Waals surface area (Å²) in [5.74, 6) is -5.31. The van der Waals surface area contributed by atoms with Crippen LogP contribution in [0.4, 0.5) is 18.9 Å². The third-order valence-corrected chi connectivity index (χ3v) is 10.0. The van der Waals surface area contributed by atoms with Crippen LogP contribution in [0.2, 0.25) is 0 Å². The summed E-state index contributed by atoms with van der Waals surface area (Å²) < 4.78 is 72.9. The minimum Gasteiger partial charge on any atom is -0.436 e. The molecular formula is C30H29F3N4O4S. The zero-order valence-electron chi connectivity index (χ0n) is 22.7. The molecule has 3 aliphatic rings. The highest BCUT2D eigenvalue weighted by Crippen LogP contribution is 2.48. The number of nitrogens with zero attached hydrogens (tertiary/aromatic N) is 3. The van der Waals surface area contributed by atoms with E-state index >= 15 is 0 Å². The Labute approximate surface area is 241 Å². The number of hydrogen-bond acceptors (Lipinski definition) is 7. The maximum Gasteiger partial charge on any atom is 0.249 e. The van der Waals surface area contributed by atoms with E-state index in [-0.39, 0.29) is 23.8 Å². The highest BCUT2D eigenvalue weighted by Gasteiger charge is 2.51. The summed E-state index contributed by atoms with van der Waals surface area (Å²) in [4.78, 5) is 20.0. The Morgan fingerprint density at radius 2 is 1.67 bits per heavy atom. The molecule has 0 bridgehead atoms. The maximum atomic E-state index is 14.7. The second kappa shape index (κ2) is 10.5. The third-order valence-electron chi connectivity index (χ3n) is 8.42. The zero-order valence-corrected chi connectivity index (χ0v) is 23.5. The molecule has 1 N–H and O–H groups in total. The second-order valence-corrected chi connectivity index (χ2v) is 13.7. The number of carbonyl (C=O) groups excluding carboxylic acids is 1. The number of benzene rings is 2. The van der Waals surface area contributed by atoms with Gasteiger partial charge in [0.2, 0.25) is 17.7 Å². The molecule has 2 atom stereocenters. The molecule has 8 nitrogen and oxygen atoms in total. The first-order valence-electron chi connectivity index (χ1n) is 13.9. The minimum absolute atomic E-state index is 0.0205. The number of aromatic nitrogens is 1. The van der Waals surface area contributed by atoms with Gasteiger partial charge < -0.3 is 14.6 Å². The number of alkyl halides is 2. The highest BCUT2D eigenvalue weighted by molar-refractivity contribution is 7.91. The summed E-state index contributed by atoms with van der Waals surface area (Å²) in [7, 11) is -3.04. The number of rotatable bonds is 6. The molecular weight excluding hydrogens is 569 g/mol. The summed E-state index contributed by atoms with van der Waals surface area (Å²) >= 11 is 0. The molecule has 220 valence electrons. The van der Waals surface area contributed by atoms with Gasteiger partial charge in [0.15, 0.2) is 15.6 Å². The lowest BCUT2D eigenvalue weighted by Crippen LogP contribution is -2.45. The fourth-order valence-corrected chi connectivity index (χ4v) is 6.96. The fraction of sp³-hybridized carbons (Fsp3) is 0.433. The van der Waals surface area contributed by atoms with Gasteiger partial charge in [-0.2, -0.15) is 5.26 Å². The van der Waals surface area contributed by atoms with Crippen LogP contribution in [-0.2, 0) is 14.6 Å². The molecule has 3 fully saturated rings. The lowest BCUT2D eigenvalue weighted by molar-refractivity contribution is -0.134. The van der Waals surface area contributed by atoms with Gasteiger partial charge in [0.25, 0.3) is 0 Å². The molecule has 0 radical (unpaired) electrons. The van der Waals surface area contributed by atoms with E-state index in [2.05, 4.69) is 11.4 Å². The molecule has 3 aromatic rings. The highest BCUT2D eigenvalue weighted by atomic mass is 32.2. The average Bonchev–Trinajstić information content (AvgIpc) is 3.60. The molecule has 0 spiro atoms. The summed E-state index contributed by atoms with van der Waals surface area (Å²) in [6.07, 6.45) is -0.183. The van der Waals surface area contributed by atoms with Crippen LogP contribution in [0.15, 0.2) is 52.9 Å². The minimum atomic E-state index is -3.05. The molecule has 42 heavy (non-hydrogen) atoms. The standard InChI is InChI=1S/C30H29F3N4O4S/c31-21-5-1-20(2-6-21)28-35-25(23-9-10-30(32,33)17-24(23)27(38)36-29(18-34)11-12-29)26(41-28)19-3-7-22(8-4-19)37-13-15-42(39,40)16-14-37/h1-8,23-24H,9-17H2,(H,36,38)/t23-,24-/m1/s1. The monoisotopic (exact) mass is 598 g/mol. The molecule has 1 aromatic heterocycles. The van der Waals surface area contributed by atoms with Gasteiger partial charge in [-0.25, -0.2) is 26.6 Å². The molecule has 1 amide bonds. The van der Waals surface area contributed by atoms with E-state index in [0.29, 0.717) is 48.5 Å². The lowest BCUT2D eigenvalue weighted by Gasteiger charge is -2.35. The molecule has 2 saturated carbocycles. The number of nitrogens with one attached hydrogen (secondary N) is 1. The Kier molecular flexibility index (Phi) is 7.04. The van der Waals surface area contributed by atoms with Crippen molar-refractivity contribution in [2.45, 2.75) is 49.5 Å². The molecule has 2 aromatic carbocycles. The summed E-state index contributed by atoms with van der Waals surface area (Å²) in [6.45, 7) is 0.752. The second-order valence-electron chi connectivity index (χ2n) is 11.4. The van der Waals surface area contributed by atoms with E-state index in [9.17, 15) is 31.6 Å². The summed E-state index contributed by atoms with van der Waals surface area (Å²) in [5, 5.41) is 12.2. The molecule has 1 aliphatic heterocycles. The third kappa shape index (κ3) is 5.75. The van der Waals surface area contributed by atoms with Crippen molar-refractivity contribution in [3.8, 4) is 28.8 Å². The normalized spacial score (nSPS) is 24.0. The number of amides is 1. The molecule has 2 heterocycles. The number of nitriles is 1. The Morgan fingerprint density at radius 1 is 1.02 bits per heavy atom. The van der Waals surface area contributed by atoms with Crippen LogP contribution in [0.1, 0.15) is 43.7 Å². The first-order valence-corrected chi connectivity index (χ1v) is 15.7. The van der Waals surface area contributed by atoms with E-state index < -0.39 is 57.7 Å². The maximum absolute atomic E-state index is 14.7. The van der Waals surface area contributed by atoms with E-state index in [1.807, 2.05) is 17.0 Å². The van der Waals surface area contributed by atoms with Crippen LogP contribution >= 0.6 is 0 Å². The molecule has 2 aliphatic carbocycles. The van der Waals surface area contributed by atoms with Gasteiger partial charge in [-0.05, 0) is 67.8 Å². The van der Waals surface area contributed by atoms with Crippen molar-refractivity contribution >= 4 is 21.4 Å². The number of carbonyl (C=O) groups is 1. The van der Waals surface area contributed by atoms with Crippen molar-refractivity contribution in [3.05, 3.63) is 60.0 Å². The lowest BCUT2D eigenvalue weighted by atomic mass is 9.74. The quantitative estimate of drug-likeness (QED) is 0.421. The fourth-order valence-electron chi connectivity index (χ4n) is 5.76. The van der Waals surface area contributed by atoms with E-state index in [1.165, 1.54) is 24.3 Å². The number of hydrogen-bond donors (Lipinski definition) is 1. The average molecular weight is 599 g/mol. The molecule has 12 heteroatoms. The van der Waals surface area contributed by atoms with Crippen molar-refractivity contribution in [1.82, 2.24) is 10.3 Å². The zero-order chi connectivity index (χ0) is 29.7. The van der Waals surface area contributed by atoms with Gasteiger partial charge in [0.1, 0.15) is 11.4 Å². The van der Waals surface area contributed by atoms with Crippen LogP contribution in [0.25, 0.3) is 22.8 Å². The van der Waals surface area contributed by atoms with Gasteiger partial charge in [0, 0.05) is 48.7 Å². The van der Waals surface area contributed by atoms with Gasteiger partial charge >= 0.3 is 0 Å². The summed E-state index contributed by atoms with van der Waals surface area (Å²) in [6, 6.07) is 14.9. The Balaban J connectivity index is 1.37. The van der Waals surface area contributed by atoms with Crippen molar-refractivity contribution in [1.29, 1.82) is 5.26 Å². The van der Waals surface area contributed by atoms with Crippen LogP contribution < -0.4 is 10.2 Å². The van der Waals surface area contributed by atoms with Crippen LogP contribution in [0.3, 0.4) is 0 Å². The van der Waals surface area contributed by atoms with Crippen molar-refractivity contribution < 1.29 is 30.8 Å². The van der Waals surface area contributed by atoms with Gasteiger partial charge in [-0.3, -0.25) is 4.79 Å². The van der Waals surface area contributed by atoms with Crippen molar-refractivity contribution in [3.63, 3.8) is 0 Å². The van der Waals surface area contributed by atoms with Crippen LogP contribution in [0, 0.1) is 23.1 Å². The van der Waals surface area contributed by atoms with Crippen molar-refractivity contribution in [2.24, 2.45) is 5.92 Å². The number of anilines is 1. The van der Waals surface area contributed by atoms with E-state index in [1.54, 1.807) is 12.1 Å². The Bertz CT molecular complexity index is 1630. The first-order chi connectivity index (χ1) is 20.0. The van der Waals surface area contributed by atoms with Gasteiger partial charge in [0.05, 0.1) is 29.2 Å². The number of sulfone groups is 1. The van der Waals surface area contributed by atoms with E-state index in [0.717, 1.165) is 5.69 Å². The SMILES string of the molecule is N#CC1(NC(=O)[C@@H]2CC(F)(F)CC[C@H]2c2nc(-c3ccc(F)cc3)oc2-c2ccc(N3CCS(=O)(=O)CC3)cc2)CC1. The molecule has 0 unspecified atom stereocenters. The number of halogens is 3. The molecule has 6 rings (SSSR count). The van der Waals surface area contributed by atoms with Crippen molar-refractivity contribution in [2.75, 3.05) is 29.5 Å². The van der Waals surface area contributed by atoms with Crippen LogP contribution in [0.5, 0.6) is 0 Å². The Morgan fingerprint density at radius 3 is 2.29 bits per heavy atom. The largest absolute Gasteiger partial charge is 0.436 e. The summed E-state index contributed by atoms with van der Waals surface area (Å²) in [5.41, 5.74) is 1.26. The topological polar surface area (TPSA) is 116 Å². The number of oxazole rings is 1. The predicted molar refractivity (Wildman–Crippen MR) is 149 cm³/mol. The van der Waals surface area contributed by atoms with Gasteiger partial charge in [-0.1, -0.05) is 0 Å². The van der Waals surface area contributed by atoms with Crippen LogP contribution in [-0.4, -0.2) is 55.4 Å². The first kappa shape index (κ1) is 28.3.